The molecule has 0 aliphatic carbocycles. The van der Waals surface area contributed by atoms with Crippen molar-refractivity contribution in [1.29, 1.82) is 0 Å². The van der Waals surface area contributed by atoms with E-state index < -0.39 is 0 Å². The van der Waals surface area contributed by atoms with E-state index in [1.807, 2.05) is 12.1 Å². The van der Waals surface area contributed by atoms with Gasteiger partial charge in [-0.2, -0.15) is 5.10 Å². The Labute approximate surface area is 111 Å². The van der Waals surface area contributed by atoms with E-state index in [0.29, 0.717) is 17.9 Å². The van der Waals surface area contributed by atoms with Crippen molar-refractivity contribution in [3.8, 4) is 5.75 Å². The molecule has 0 aliphatic heterocycles. The van der Waals surface area contributed by atoms with Gasteiger partial charge in [-0.05, 0) is 18.6 Å². The Kier molecular flexibility index (Phi) is 4.49. The molecule has 0 saturated carbocycles. The number of rotatable bonds is 6. The largest absolute Gasteiger partial charge is 0.496 e. The number of aryl methyl sites for hydroxylation is 1. The molecule has 0 bridgehead atoms. The van der Waals surface area contributed by atoms with Crippen molar-refractivity contribution in [3.63, 3.8) is 0 Å². The van der Waals surface area contributed by atoms with E-state index in [9.17, 15) is 4.79 Å². The number of methoxy groups -OCH3 is 1. The Morgan fingerprint density at radius 1 is 1.42 bits per heavy atom. The molecule has 2 aromatic rings. The standard InChI is InChI=1S/C13H16N4O2/c1-19-11-6-3-2-5-10(11)13(18)14-8-4-7-12-15-9-16-17-12/h2-3,5-6,9H,4,7-8H2,1H3,(H,14,18)(H,15,16,17). The molecular formula is C13H16N4O2. The first-order valence-electron chi connectivity index (χ1n) is 6.06. The second-order valence-corrected chi connectivity index (χ2v) is 3.99. The molecule has 0 spiro atoms. The van der Waals surface area contributed by atoms with Crippen LogP contribution >= 0.6 is 0 Å². The van der Waals surface area contributed by atoms with Crippen LogP contribution < -0.4 is 10.1 Å². The van der Waals surface area contributed by atoms with E-state index in [1.165, 1.54) is 6.33 Å². The fraction of sp³-hybridized carbons (Fsp3) is 0.308. The number of hydrogen-bond acceptors (Lipinski definition) is 4. The van der Waals surface area contributed by atoms with Crippen LogP contribution in [-0.4, -0.2) is 34.7 Å². The van der Waals surface area contributed by atoms with Crippen LogP contribution in [0.5, 0.6) is 5.75 Å². The molecule has 0 saturated heterocycles. The number of carbonyl (C=O) groups is 1. The van der Waals surface area contributed by atoms with Gasteiger partial charge in [0, 0.05) is 13.0 Å². The molecular weight excluding hydrogens is 244 g/mol. The first-order chi connectivity index (χ1) is 9.31. The van der Waals surface area contributed by atoms with Gasteiger partial charge in [0.2, 0.25) is 0 Å². The lowest BCUT2D eigenvalue weighted by atomic mass is 10.2. The van der Waals surface area contributed by atoms with Gasteiger partial charge in [0.05, 0.1) is 12.7 Å². The van der Waals surface area contributed by atoms with Crippen molar-refractivity contribution in [2.45, 2.75) is 12.8 Å². The second kappa shape index (κ2) is 6.53. The van der Waals surface area contributed by atoms with Gasteiger partial charge in [0.15, 0.2) is 0 Å². The molecule has 6 heteroatoms. The lowest BCUT2D eigenvalue weighted by molar-refractivity contribution is 0.0950. The van der Waals surface area contributed by atoms with Gasteiger partial charge in [-0.1, -0.05) is 12.1 Å². The van der Waals surface area contributed by atoms with Crippen molar-refractivity contribution in [1.82, 2.24) is 20.5 Å². The van der Waals surface area contributed by atoms with Gasteiger partial charge in [-0.25, -0.2) is 4.98 Å². The Bertz CT molecular complexity index is 525. The SMILES string of the molecule is COc1ccccc1C(=O)NCCCc1ncn[nH]1. The summed E-state index contributed by atoms with van der Waals surface area (Å²) in [6.07, 6.45) is 3.03. The number of nitrogens with one attached hydrogen (secondary N) is 2. The molecule has 1 aromatic carbocycles. The number of benzene rings is 1. The van der Waals surface area contributed by atoms with Gasteiger partial charge in [-0.15, -0.1) is 0 Å². The number of amides is 1. The van der Waals surface area contributed by atoms with E-state index in [0.717, 1.165) is 18.7 Å². The molecule has 0 atom stereocenters. The van der Waals surface area contributed by atoms with Gasteiger partial charge in [-0.3, -0.25) is 9.89 Å². The predicted molar refractivity (Wildman–Crippen MR) is 70.0 cm³/mol. The first-order valence-corrected chi connectivity index (χ1v) is 6.06. The van der Waals surface area contributed by atoms with E-state index in [4.69, 9.17) is 4.74 Å². The number of ether oxygens (including phenoxy) is 1. The highest BCUT2D eigenvalue weighted by Gasteiger charge is 2.10. The summed E-state index contributed by atoms with van der Waals surface area (Å²) in [5.74, 6) is 1.27. The number of hydrogen-bond donors (Lipinski definition) is 2. The van der Waals surface area contributed by atoms with E-state index in [2.05, 4.69) is 20.5 Å². The number of carbonyl (C=O) groups excluding carboxylic acids is 1. The monoisotopic (exact) mass is 260 g/mol. The summed E-state index contributed by atoms with van der Waals surface area (Å²) < 4.78 is 5.15. The van der Waals surface area contributed by atoms with E-state index in [-0.39, 0.29) is 5.91 Å². The normalized spacial score (nSPS) is 10.2. The minimum absolute atomic E-state index is 0.130. The third kappa shape index (κ3) is 3.54. The average Bonchev–Trinajstić information content (AvgIpc) is 2.96. The molecule has 1 amide bonds. The van der Waals surface area contributed by atoms with Crippen molar-refractivity contribution in [2.24, 2.45) is 0 Å². The number of aromatic amines is 1. The van der Waals surface area contributed by atoms with Crippen LogP contribution in [0, 0.1) is 0 Å². The Morgan fingerprint density at radius 3 is 3.00 bits per heavy atom. The third-order valence-corrected chi connectivity index (χ3v) is 2.69. The minimum Gasteiger partial charge on any atom is -0.496 e. The van der Waals surface area contributed by atoms with Crippen molar-refractivity contribution in [2.75, 3.05) is 13.7 Å². The number of aromatic nitrogens is 3. The third-order valence-electron chi connectivity index (χ3n) is 2.69. The van der Waals surface area contributed by atoms with Gasteiger partial charge in [0.1, 0.15) is 17.9 Å². The zero-order valence-corrected chi connectivity index (χ0v) is 10.7. The summed E-state index contributed by atoms with van der Waals surface area (Å²) in [5.41, 5.74) is 0.546. The highest BCUT2D eigenvalue weighted by Crippen LogP contribution is 2.16. The van der Waals surface area contributed by atoms with Crippen LogP contribution in [-0.2, 0) is 6.42 Å². The van der Waals surface area contributed by atoms with Crippen LogP contribution in [0.15, 0.2) is 30.6 Å². The van der Waals surface area contributed by atoms with Crippen LogP contribution in [0.25, 0.3) is 0 Å². The maximum Gasteiger partial charge on any atom is 0.255 e. The molecule has 0 unspecified atom stereocenters. The summed E-state index contributed by atoms with van der Waals surface area (Å²) in [5, 5.41) is 9.40. The molecule has 2 rings (SSSR count). The lowest BCUT2D eigenvalue weighted by Crippen LogP contribution is -2.25. The fourth-order valence-corrected chi connectivity index (χ4v) is 1.74. The predicted octanol–water partition coefficient (Wildman–Crippen LogP) is 1.18. The average molecular weight is 260 g/mol. The molecule has 0 aliphatic rings. The zero-order chi connectivity index (χ0) is 13.5. The quantitative estimate of drug-likeness (QED) is 0.764. The van der Waals surface area contributed by atoms with Gasteiger partial charge >= 0.3 is 0 Å². The number of nitrogens with zero attached hydrogens (tertiary/aromatic N) is 2. The van der Waals surface area contributed by atoms with Crippen LogP contribution in [0.3, 0.4) is 0 Å². The smallest absolute Gasteiger partial charge is 0.255 e. The summed E-state index contributed by atoms with van der Waals surface area (Å²) in [7, 11) is 1.55. The Hall–Kier alpha value is -2.37. The molecule has 1 aromatic heterocycles. The summed E-state index contributed by atoms with van der Waals surface area (Å²) >= 11 is 0. The first kappa shape index (κ1) is 13.1. The van der Waals surface area contributed by atoms with Crippen molar-refractivity contribution < 1.29 is 9.53 Å². The Morgan fingerprint density at radius 2 is 2.26 bits per heavy atom. The molecule has 100 valence electrons. The second-order valence-electron chi connectivity index (χ2n) is 3.99. The topological polar surface area (TPSA) is 79.9 Å². The van der Waals surface area contributed by atoms with Gasteiger partial charge < -0.3 is 10.1 Å². The molecule has 19 heavy (non-hydrogen) atoms. The highest BCUT2D eigenvalue weighted by molar-refractivity contribution is 5.96. The molecule has 2 N–H and O–H groups in total. The molecule has 1 heterocycles. The van der Waals surface area contributed by atoms with Crippen molar-refractivity contribution in [3.05, 3.63) is 42.0 Å². The van der Waals surface area contributed by atoms with Crippen molar-refractivity contribution >= 4 is 5.91 Å². The summed E-state index contributed by atoms with van der Waals surface area (Å²) in [6.45, 7) is 0.581. The van der Waals surface area contributed by atoms with E-state index in [1.54, 1.807) is 19.2 Å². The minimum atomic E-state index is -0.130. The van der Waals surface area contributed by atoms with E-state index >= 15 is 0 Å². The maximum atomic E-state index is 12.0. The number of para-hydroxylation sites is 1. The van der Waals surface area contributed by atoms with Crippen LogP contribution in [0.4, 0.5) is 0 Å². The summed E-state index contributed by atoms with van der Waals surface area (Å²) in [4.78, 5) is 16.0. The zero-order valence-electron chi connectivity index (χ0n) is 10.7. The number of H-pyrrole nitrogens is 1. The fourth-order valence-electron chi connectivity index (χ4n) is 1.74. The highest BCUT2D eigenvalue weighted by atomic mass is 16.5. The molecule has 0 radical (unpaired) electrons. The van der Waals surface area contributed by atoms with Crippen LogP contribution in [0.1, 0.15) is 22.6 Å². The maximum absolute atomic E-state index is 12.0. The summed E-state index contributed by atoms with van der Waals surface area (Å²) in [6, 6.07) is 7.15. The van der Waals surface area contributed by atoms with Crippen LogP contribution in [0.2, 0.25) is 0 Å². The Balaban J connectivity index is 1.81. The van der Waals surface area contributed by atoms with Gasteiger partial charge in [0.25, 0.3) is 5.91 Å². The molecule has 0 fully saturated rings. The molecule has 6 nitrogen and oxygen atoms in total. The lowest BCUT2D eigenvalue weighted by Gasteiger charge is -2.08.